The number of benzene rings is 3. The second-order valence-electron chi connectivity index (χ2n) is 7.36. The number of piperazine rings is 1. The Morgan fingerprint density at radius 2 is 1.67 bits per heavy atom. The van der Waals surface area contributed by atoms with E-state index in [1.165, 1.54) is 12.1 Å². The molecule has 0 N–H and O–H groups in total. The number of hydrogen-bond donors (Lipinski definition) is 0. The normalized spacial score (nSPS) is 17.3. The molecule has 0 saturated carbocycles. The fourth-order valence-electron chi connectivity index (χ4n) is 3.95. The van der Waals surface area contributed by atoms with Crippen LogP contribution in [-0.4, -0.2) is 42.8 Å². The molecule has 30 heavy (non-hydrogen) atoms. The monoisotopic (exact) mass is 414 g/mol. The fraction of sp³-hybridized carbons (Fsp3) is 0.261. The highest BCUT2D eigenvalue weighted by molar-refractivity contribution is 6.07. The summed E-state index contributed by atoms with van der Waals surface area (Å²) in [5.41, 5.74) is 1.48. The van der Waals surface area contributed by atoms with Crippen molar-refractivity contribution in [1.82, 2.24) is 4.90 Å². The Balaban J connectivity index is 1.47. The van der Waals surface area contributed by atoms with Gasteiger partial charge in [0.2, 0.25) is 0 Å². The van der Waals surface area contributed by atoms with Crippen molar-refractivity contribution in [3.63, 3.8) is 0 Å². The molecular formula is C23H21F3N2O2. The number of alkyl halides is 3. The van der Waals surface area contributed by atoms with Gasteiger partial charge in [-0.2, -0.15) is 0 Å². The molecule has 0 radical (unpaired) electrons. The number of halogens is 3. The van der Waals surface area contributed by atoms with Gasteiger partial charge in [-0.3, -0.25) is 4.79 Å². The van der Waals surface area contributed by atoms with Gasteiger partial charge in [-0.05, 0) is 48.0 Å². The lowest BCUT2D eigenvalue weighted by atomic mass is 10.0. The minimum Gasteiger partial charge on any atom is -0.406 e. The van der Waals surface area contributed by atoms with Crippen molar-refractivity contribution in [2.24, 2.45) is 0 Å². The largest absolute Gasteiger partial charge is 0.573 e. The van der Waals surface area contributed by atoms with Crippen molar-refractivity contribution in [3.8, 4) is 5.75 Å². The van der Waals surface area contributed by atoms with E-state index in [0.717, 1.165) is 16.5 Å². The fourth-order valence-corrected chi connectivity index (χ4v) is 3.95. The number of hydrogen-bond acceptors (Lipinski definition) is 3. The van der Waals surface area contributed by atoms with E-state index >= 15 is 0 Å². The molecule has 1 fully saturated rings. The molecule has 1 saturated heterocycles. The van der Waals surface area contributed by atoms with E-state index in [1.54, 1.807) is 12.1 Å². The number of nitrogens with zero attached hydrogens (tertiary/aromatic N) is 2. The van der Waals surface area contributed by atoms with Crippen LogP contribution in [0.4, 0.5) is 18.9 Å². The van der Waals surface area contributed by atoms with Gasteiger partial charge in [0, 0.05) is 36.9 Å². The number of carbonyl (C=O) groups excluding carboxylic acids is 1. The second kappa shape index (κ2) is 7.89. The lowest BCUT2D eigenvalue weighted by Gasteiger charge is -2.41. The smallest absolute Gasteiger partial charge is 0.406 e. The van der Waals surface area contributed by atoms with E-state index in [1.807, 2.05) is 54.3 Å². The van der Waals surface area contributed by atoms with E-state index in [4.69, 9.17) is 0 Å². The van der Waals surface area contributed by atoms with Crippen LogP contribution < -0.4 is 9.64 Å². The molecule has 3 aromatic rings. The first-order chi connectivity index (χ1) is 14.3. The van der Waals surface area contributed by atoms with E-state index < -0.39 is 6.36 Å². The van der Waals surface area contributed by atoms with Crippen molar-refractivity contribution < 1.29 is 22.7 Å². The molecule has 0 aromatic heterocycles. The summed E-state index contributed by atoms with van der Waals surface area (Å²) in [6.07, 6.45) is -4.71. The van der Waals surface area contributed by atoms with Crippen molar-refractivity contribution in [1.29, 1.82) is 0 Å². The van der Waals surface area contributed by atoms with Gasteiger partial charge >= 0.3 is 6.36 Å². The average molecular weight is 414 g/mol. The Morgan fingerprint density at radius 3 is 2.37 bits per heavy atom. The molecule has 0 spiro atoms. The predicted octanol–water partition coefficient (Wildman–Crippen LogP) is 5.09. The lowest BCUT2D eigenvalue weighted by molar-refractivity contribution is -0.274. The van der Waals surface area contributed by atoms with Crippen LogP contribution in [0.3, 0.4) is 0 Å². The molecule has 1 aliphatic rings. The third kappa shape index (κ3) is 4.20. The Labute approximate surface area is 172 Å². The van der Waals surface area contributed by atoms with Gasteiger partial charge in [0.15, 0.2) is 0 Å². The minimum absolute atomic E-state index is 0.00720. The van der Waals surface area contributed by atoms with Crippen LogP contribution in [0.2, 0.25) is 0 Å². The Kier molecular flexibility index (Phi) is 5.28. The molecule has 0 aliphatic carbocycles. The topological polar surface area (TPSA) is 32.8 Å². The van der Waals surface area contributed by atoms with Crippen molar-refractivity contribution >= 4 is 22.4 Å². The van der Waals surface area contributed by atoms with Gasteiger partial charge < -0.3 is 14.5 Å². The molecule has 1 heterocycles. The molecule has 4 nitrogen and oxygen atoms in total. The highest BCUT2D eigenvalue weighted by atomic mass is 19.4. The van der Waals surface area contributed by atoms with Crippen molar-refractivity contribution in [3.05, 3.63) is 72.3 Å². The van der Waals surface area contributed by atoms with E-state index in [-0.39, 0.29) is 17.7 Å². The quantitative estimate of drug-likeness (QED) is 0.599. The summed E-state index contributed by atoms with van der Waals surface area (Å²) in [4.78, 5) is 17.1. The maximum Gasteiger partial charge on any atom is 0.573 e. The molecule has 3 aromatic carbocycles. The number of ether oxygens (including phenoxy) is 1. The summed E-state index contributed by atoms with van der Waals surface area (Å²) < 4.78 is 41.0. The average Bonchev–Trinajstić information content (AvgIpc) is 2.72. The molecule has 1 unspecified atom stereocenters. The predicted molar refractivity (Wildman–Crippen MR) is 110 cm³/mol. The number of fused-ring (bicyclic) bond motifs is 1. The number of amides is 1. The zero-order valence-electron chi connectivity index (χ0n) is 16.4. The van der Waals surface area contributed by atoms with Gasteiger partial charge in [-0.25, -0.2) is 0 Å². The van der Waals surface area contributed by atoms with Crippen LogP contribution in [0, 0.1) is 0 Å². The summed E-state index contributed by atoms with van der Waals surface area (Å²) in [6, 6.07) is 19.4. The molecule has 1 atom stereocenters. The summed E-state index contributed by atoms with van der Waals surface area (Å²) in [7, 11) is 0. The minimum atomic E-state index is -4.71. The number of carbonyl (C=O) groups is 1. The van der Waals surface area contributed by atoms with Gasteiger partial charge in [-0.15, -0.1) is 13.2 Å². The zero-order valence-corrected chi connectivity index (χ0v) is 16.4. The SMILES string of the molecule is CC1CN(C(=O)c2cccc3ccccc23)CCN1c1ccc(OC(F)(F)F)cc1. The third-order valence-electron chi connectivity index (χ3n) is 5.34. The van der Waals surface area contributed by atoms with Crippen LogP contribution in [0.25, 0.3) is 10.8 Å². The summed E-state index contributed by atoms with van der Waals surface area (Å²) in [5.74, 6) is -0.254. The van der Waals surface area contributed by atoms with Gasteiger partial charge in [-0.1, -0.05) is 36.4 Å². The van der Waals surface area contributed by atoms with Crippen molar-refractivity contribution in [2.75, 3.05) is 24.5 Å². The standard InChI is InChI=1S/C23H21F3N2O2/c1-16-15-27(22(29)21-8-4-6-17-5-2-3-7-20(17)21)13-14-28(16)18-9-11-19(12-10-18)30-23(24,25)26/h2-12,16H,13-15H2,1H3. The van der Waals surface area contributed by atoms with E-state index in [2.05, 4.69) is 9.64 Å². The van der Waals surface area contributed by atoms with Crippen LogP contribution in [-0.2, 0) is 0 Å². The number of rotatable bonds is 3. The Hall–Kier alpha value is -3.22. The summed E-state index contributed by atoms with van der Waals surface area (Å²) in [6.45, 7) is 3.66. The van der Waals surface area contributed by atoms with Crippen molar-refractivity contribution in [2.45, 2.75) is 19.3 Å². The molecule has 1 aliphatic heterocycles. The molecular weight excluding hydrogens is 393 g/mol. The summed E-state index contributed by atoms with van der Waals surface area (Å²) >= 11 is 0. The van der Waals surface area contributed by atoms with Gasteiger partial charge in [0.25, 0.3) is 5.91 Å². The zero-order chi connectivity index (χ0) is 21.3. The molecule has 0 bridgehead atoms. The Morgan fingerprint density at radius 1 is 0.967 bits per heavy atom. The Bertz CT molecular complexity index is 1040. The highest BCUT2D eigenvalue weighted by Crippen LogP contribution is 2.28. The second-order valence-corrected chi connectivity index (χ2v) is 7.36. The van der Waals surface area contributed by atoms with Crippen LogP contribution in [0.1, 0.15) is 17.3 Å². The van der Waals surface area contributed by atoms with E-state index in [0.29, 0.717) is 25.2 Å². The van der Waals surface area contributed by atoms with Crippen LogP contribution in [0.5, 0.6) is 5.75 Å². The van der Waals surface area contributed by atoms with Crippen LogP contribution >= 0.6 is 0 Å². The maximum atomic E-state index is 13.2. The molecule has 156 valence electrons. The first kappa shape index (κ1) is 20.1. The van der Waals surface area contributed by atoms with Gasteiger partial charge in [0.1, 0.15) is 5.75 Å². The first-order valence-electron chi connectivity index (χ1n) is 9.71. The van der Waals surface area contributed by atoms with E-state index in [9.17, 15) is 18.0 Å². The molecule has 1 amide bonds. The molecule has 4 rings (SSSR count). The third-order valence-corrected chi connectivity index (χ3v) is 5.34. The van der Waals surface area contributed by atoms with Crippen LogP contribution in [0.15, 0.2) is 66.7 Å². The lowest BCUT2D eigenvalue weighted by Crippen LogP contribution is -2.53. The maximum absolute atomic E-state index is 13.2. The number of anilines is 1. The van der Waals surface area contributed by atoms with Gasteiger partial charge in [0.05, 0.1) is 0 Å². The molecule has 7 heteroatoms. The highest BCUT2D eigenvalue weighted by Gasteiger charge is 2.31. The first-order valence-corrected chi connectivity index (χ1v) is 9.71. The summed E-state index contributed by atoms with van der Waals surface area (Å²) in [5, 5.41) is 1.96.